The Morgan fingerprint density at radius 3 is 2.26 bits per heavy atom. The second kappa shape index (κ2) is 16.8. The molecule has 5 rings (SSSR count). The number of rotatable bonds is 14. The fourth-order valence-corrected chi connectivity index (χ4v) is 10.9. The van der Waals surface area contributed by atoms with Crippen LogP contribution in [0.4, 0.5) is 4.79 Å². The van der Waals surface area contributed by atoms with Crippen LogP contribution in [0.2, 0.25) is 0 Å². The van der Waals surface area contributed by atoms with E-state index in [9.17, 15) is 14.4 Å². The molecular formula is C46H65NO6. The van der Waals surface area contributed by atoms with Crippen molar-refractivity contribution in [3.8, 4) is 5.75 Å². The van der Waals surface area contributed by atoms with E-state index in [0.29, 0.717) is 35.8 Å². The van der Waals surface area contributed by atoms with Crippen molar-refractivity contribution in [1.29, 1.82) is 0 Å². The van der Waals surface area contributed by atoms with Gasteiger partial charge in [0.25, 0.3) is 0 Å². The van der Waals surface area contributed by atoms with Gasteiger partial charge in [0.05, 0.1) is 0 Å². The normalized spacial score (nSPS) is 30.0. The number of hydrogen-bond donors (Lipinski definition) is 0. The average molecular weight is 728 g/mol. The van der Waals surface area contributed by atoms with Crippen molar-refractivity contribution in [3.05, 3.63) is 72.4 Å². The molecule has 4 aliphatic carbocycles. The number of carbonyl (C=O) groups is 3. The quantitative estimate of drug-likeness (QED) is 0.0821. The van der Waals surface area contributed by atoms with Gasteiger partial charge >= 0.3 is 18.0 Å². The van der Waals surface area contributed by atoms with Crippen molar-refractivity contribution in [2.45, 2.75) is 131 Å². The van der Waals surface area contributed by atoms with E-state index in [4.69, 9.17) is 14.2 Å². The van der Waals surface area contributed by atoms with Gasteiger partial charge in [-0.25, -0.2) is 14.4 Å². The maximum Gasteiger partial charge on any atom is 0.418 e. The Balaban J connectivity index is 1.40. The molecule has 3 fully saturated rings. The number of carbonyl (C=O) groups excluding carboxylic acids is 3. The summed E-state index contributed by atoms with van der Waals surface area (Å²) in [5, 5.41) is 0. The summed E-state index contributed by atoms with van der Waals surface area (Å²) in [6.07, 6.45) is 14.9. The molecule has 7 heteroatoms. The zero-order valence-electron chi connectivity index (χ0n) is 33.6. The zero-order valence-corrected chi connectivity index (χ0v) is 33.6. The summed E-state index contributed by atoms with van der Waals surface area (Å²) in [4.78, 5) is 41.3. The van der Waals surface area contributed by atoms with Gasteiger partial charge in [0, 0.05) is 17.2 Å². The van der Waals surface area contributed by atoms with Gasteiger partial charge < -0.3 is 14.2 Å². The lowest BCUT2D eigenvalue weighted by molar-refractivity contribution is -0.167. The van der Waals surface area contributed by atoms with Crippen LogP contribution >= 0.6 is 0 Å². The Labute approximate surface area is 319 Å². The van der Waals surface area contributed by atoms with Crippen LogP contribution in [0.5, 0.6) is 5.75 Å². The second-order valence-corrected chi connectivity index (χ2v) is 17.8. The first-order valence-electron chi connectivity index (χ1n) is 20.2. The van der Waals surface area contributed by atoms with Gasteiger partial charge in [-0.1, -0.05) is 103 Å². The minimum Gasteiger partial charge on any atom is -0.456 e. The molecule has 0 aromatic heterocycles. The predicted molar refractivity (Wildman–Crippen MR) is 212 cm³/mol. The predicted octanol–water partition coefficient (Wildman–Crippen LogP) is 11.1. The summed E-state index contributed by atoms with van der Waals surface area (Å²) >= 11 is 0. The largest absolute Gasteiger partial charge is 0.456 e. The van der Waals surface area contributed by atoms with Crippen molar-refractivity contribution < 1.29 is 28.6 Å². The Bertz CT molecular complexity index is 1570. The zero-order chi connectivity index (χ0) is 38.7. The number of ether oxygens (including phenoxy) is 3. The topological polar surface area (TPSA) is 82.1 Å². The first-order valence-corrected chi connectivity index (χ1v) is 20.2. The van der Waals surface area contributed by atoms with Gasteiger partial charge in [0.2, 0.25) is 6.23 Å². The van der Waals surface area contributed by atoms with E-state index in [0.717, 1.165) is 42.1 Å². The molecule has 53 heavy (non-hydrogen) atoms. The highest BCUT2D eigenvalue weighted by atomic mass is 16.6. The summed E-state index contributed by atoms with van der Waals surface area (Å²) in [5.74, 6) is 3.43. The highest BCUT2D eigenvalue weighted by molar-refractivity contribution is 5.88. The van der Waals surface area contributed by atoms with E-state index < -0.39 is 24.3 Å². The molecule has 0 radical (unpaired) electrons. The smallest absolute Gasteiger partial charge is 0.418 e. The lowest BCUT2D eigenvalue weighted by Gasteiger charge is -2.59. The highest BCUT2D eigenvalue weighted by Gasteiger charge is 2.59. The van der Waals surface area contributed by atoms with Crippen LogP contribution in [0.25, 0.3) is 6.08 Å². The van der Waals surface area contributed by atoms with Gasteiger partial charge in [-0.2, -0.15) is 0 Å². The van der Waals surface area contributed by atoms with Crippen LogP contribution in [-0.4, -0.2) is 41.8 Å². The lowest BCUT2D eigenvalue weighted by Crippen LogP contribution is -2.56. The number of nitrogens with zero attached hydrogens (tertiary/aromatic N) is 1. The maximum absolute atomic E-state index is 14.2. The highest BCUT2D eigenvalue weighted by Crippen LogP contribution is 2.67. The first kappa shape index (κ1) is 40.6. The summed E-state index contributed by atoms with van der Waals surface area (Å²) in [6, 6.07) is 6.72. The van der Waals surface area contributed by atoms with E-state index in [-0.39, 0.29) is 29.2 Å². The summed E-state index contributed by atoms with van der Waals surface area (Å²) < 4.78 is 17.3. The Kier molecular flexibility index (Phi) is 12.9. The van der Waals surface area contributed by atoms with Crippen molar-refractivity contribution in [2.24, 2.45) is 46.3 Å². The molecule has 9 atom stereocenters. The van der Waals surface area contributed by atoms with E-state index >= 15 is 0 Å². The molecule has 0 saturated heterocycles. The molecule has 4 aliphatic rings. The van der Waals surface area contributed by atoms with Crippen molar-refractivity contribution in [3.63, 3.8) is 0 Å². The standard InChI is InChI=1S/C46H65NO6/c1-11-33-15-18-36(19-16-33)52-44(50)47(41(53-43(49)31(6)7)28-51-42(48)30(4)5)35-23-25-45(9)34(27-35)17-20-37-39-22-21-38(32(8)14-12-13-29(2)3)46(39,10)26-24-40(37)45/h11,15-19,29,32,35,37-41H,1,4,6,12-14,20-28H2,2-3,5,7-10H3/t32-,35?,37?,38-,39?,40?,41?,45+,46-/m1/s1. The number of amides is 1. The van der Waals surface area contributed by atoms with Crippen LogP contribution < -0.4 is 4.74 Å². The second-order valence-electron chi connectivity index (χ2n) is 17.8. The minimum absolute atomic E-state index is 0.0358. The molecule has 1 aromatic carbocycles. The molecule has 5 unspecified atom stereocenters. The number of benzene rings is 1. The van der Waals surface area contributed by atoms with Gasteiger partial charge in [-0.3, -0.25) is 4.90 Å². The van der Waals surface area contributed by atoms with Crippen molar-refractivity contribution in [2.75, 3.05) is 6.61 Å². The van der Waals surface area contributed by atoms with Crippen LogP contribution in [0.1, 0.15) is 125 Å². The maximum atomic E-state index is 14.2. The minimum atomic E-state index is -1.22. The molecule has 290 valence electrons. The summed E-state index contributed by atoms with van der Waals surface area (Å²) in [5.41, 5.74) is 3.10. The van der Waals surface area contributed by atoms with Crippen molar-refractivity contribution in [1.82, 2.24) is 4.90 Å². The SMILES string of the molecule is C=Cc1ccc(OC(=O)N(C2CC[C@@]3(C)C(=CCC4C3CC[C@@]3(C)C4CC[C@@H]3[C@H](C)CCCC(C)C)C2)C(COC(=O)C(=C)C)OC(=O)C(=C)C)cc1. The molecule has 0 aliphatic heterocycles. The van der Waals surface area contributed by atoms with Gasteiger partial charge in [-0.15, -0.1) is 0 Å². The fourth-order valence-electron chi connectivity index (χ4n) is 10.9. The molecule has 7 nitrogen and oxygen atoms in total. The number of fused-ring (bicyclic) bond motifs is 5. The molecule has 0 heterocycles. The molecule has 0 bridgehead atoms. The van der Waals surface area contributed by atoms with Gasteiger partial charge in [0.15, 0.2) is 0 Å². The van der Waals surface area contributed by atoms with E-state index in [1.165, 1.54) is 55.4 Å². The van der Waals surface area contributed by atoms with Crippen molar-refractivity contribution >= 4 is 24.1 Å². The Morgan fingerprint density at radius 2 is 1.62 bits per heavy atom. The van der Waals surface area contributed by atoms with Crippen LogP contribution in [0.15, 0.2) is 66.8 Å². The molecule has 0 spiro atoms. The van der Waals surface area contributed by atoms with E-state index in [1.807, 2.05) is 12.1 Å². The fraction of sp³-hybridized carbons (Fsp3) is 0.630. The molecule has 0 N–H and O–H groups in total. The molecule has 1 aromatic rings. The third kappa shape index (κ3) is 8.70. The number of allylic oxidation sites excluding steroid dienone is 1. The van der Waals surface area contributed by atoms with Crippen LogP contribution in [0.3, 0.4) is 0 Å². The van der Waals surface area contributed by atoms with Crippen LogP contribution in [0, 0.1) is 46.3 Å². The summed E-state index contributed by atoms with van der Waals surface area (Å²) in [6.45, 7) is 26.3. The number of hydrogen-bond acceptors (Lipinski definition) is 6. The van der Waals surface area contributed by atoms with E-state index in [2.05, 4.69) is 60.4 Å². The van der Waals surface area contributed by atoms with Gasteiger partial charge in [-0.05, 0) is 129 Å². The van der Waals surface area contributed by atoms with Gasteiger partial charge in [0.1, 0.15) is 12.4 Å². The monoisotopic (exact) mass is 727 g/mol. The third-order valence-corrected chi connectivity index (χ3v) is 13.8. The number of esters is 2. The lowest BCUT2D eigenvalue weighted by atomic mass is 9.46. The average Bonchev–Trinajstić information content (AvgIpc) is 3.47. The Hall–Kier alpha value is -3.61. The Morgan fingerprint density at radius 1 is 0.925 bits per heavy atom. The van der Waals surface area contributed by atoms with E-state index in [1.54, 1.807) is 32.1 Å². The molecule has 3 saturated carbocycles. The summed E-state index contributed by atoms with van der Waals surface area (Å²) in [7, 11) is 0. The van der Waals surface area contributed by atoms with Crippen LogP contribution in [-0.2, 0) is 19.1 Å². The third-order valence-electron chi connectivity index (χ3n) is 13.8. The molecule has 1 amide bonds. The first-order chi connectivity index (χ1) is 25.1. The molecular weight excluding hydrogens is 663 g/mol.